The number of unbranched alkanes of at least 4 members (excludes halogenated alkanes) is 1. The monoisotopic (exact) mass is 214 g/mol. The number of anilines is 2. The van der Waals surface area contributed by atoms with Gasteiger partial charge in [-0.05, 0) is 6.42 Å². The Labute approximate surface area is 85.5 Å². The molecule has 5 N–H and O–H groups in total. The third-order valence-corrected chi connectivity index (χ3v) is 2.13. The molecule has 7 nitrogen and oxygen atoms in total. The van der Waals surface area contributed by atoms with Gasteiger partial charge in [0.15, 0.2) is 5.82 Å². The van der Waals surface area contributed by atoms with Crippen LogP contribution in [0.2, 0.25) is 0 Å². The second-order valence-corrected chi connectivity index (χ2v) is 3.20. The van der Waals surface area contributed by atoms with Crippen molar-refractivity contribution in [3.8, 4) is 0 Å². The predicted molar refractivity (Wildman–Crippen MR) is 55.9 cm³/mol. The van der Waals surface area contributed by atoms with E-state index in [1.807, 2.05) is 6.92 Å². The molecule has 15 heavy (non-hydrogen) atoms. The molecule has 0 fully saturated rings. The maximum atomic E-state index is 11.5. The summed E-state index contributed by atoms with van der Waals surface area (Å²) in [5.41, 5.74) is 8.77. The lowest BCUT2D eigenvalue weighted by Crippen LogP contribution is -2.41. The minimum Gasteiger partial charge on any atom is -0.422 e. The minimum atomic E-state index is -0.861. The zero-order chi connectivity index (χ0) is 11.6. The van der Waals surface area contributed by atoms with Gasteiger partial charge < -0.3 is 16.7 Å². The summed E-state index contributed by atoms with van der Waals surface area (Å²) in [5.74, 6) is -0.419. The SMILES string of the molecule is CCCCn1c(=O)c(N)c(N)n(O)c1=O. The van der Waals surface area contributed by atoms with E-state index in [0.717, 1.165) is 11.0 Å². The molecule has 1 aromatic heterocycles. The Hall–Kier alpha value is -1.92. The number of rotatable bonds is 3. The van der Waals surface area contributed by atoms with Gasteiger partial charge in [0.2, 0.25) is 0 Å². The van der Waals surface area contributed by atoms with E-state index in [1.165, 1.54) is 0 Å². The summed E-state index contributed by atoms with van der Waals surface area (Å²) >= 11 is 0. The lowest BCUT2D eigenvalue weighted by Gasteiger charge is -2.09. The lowest BCUT2D eigenvalue weighted by molar-refractivity contribution is 0.170. The van der Waals surface area contributed by atoms with Crippen LogP contribution in [-0.4, -0.2) is 14.5 Å². The van der Waals surface area contributed by atoms with Gasteiger partial charge >= 0.3 is 5.69 Å². The number of hydrogen-bond donors (Lipinski definition) is 3. The van der Waals surface area contributed by atoms with Gasteiger partial charge in [0.25, 0.3) is 5.56 Å². The maximum absolute atomic E-state index is 11.5. The van der Waals surface area contributed by atoms with Gasteiger partial charge in [-0.2, -0.15) is 0 Å². The molecule has 0 saturated carbocycles. The summed E-state index contributed by atoms with van der Waals surface area (Å²) in [6, 6.07) is 0. The van der Waals surface area contributed by atoms with Crippen molar-refractivity contribution in [2.45, 2.75) is 26.3 Å². The van der Waals surface area contributed by atoms with Crippen molar-refractivity contribution in [2.75, 3.05) is 11.5 Å². The summed E-state index contributed by atoms with van der Waals surface area (Å²) in [6.07, 6.45) is 1.47. The molecule has 0 aliphatic carbocycles. The summed E-state index contributed by atoms with van der Waals surface area (Å²) in [4.78, 5) is 22.9. The van der Waals surface area contributed by atoms with Crippen LogP contribution in [0.1, 0.15) is 19.8 Å². The third-order valence-electron chi connectivity index (χ3n) is 2.13. The van der Waals surface area contributed by atoms with Crippen LogP contribution in [0, 0.1) is 0 Å². The quantitative estimate of drug-likeness (QED) is 0.570. The van der Waals surface area contributed by atoms with Gasteiger partial charge in [-0.1, -0.05) is 13.3 Å². The fraction of sp³-hybridized carbons (Fsp3) is 0.500. The number of nitrogen functional groups attached to an aromatic ring is 2. The molecule has 0 unspecified atom stereocenters. The van der Waals surface area contributed by atoms with E-state index in [4.69, 9.17) is 11.5 Å². The van der Waals surface area contributed by atoms with Crippen molar-refractivity contribution in [2.24, 2.45) is 0 Å². The van der Waals surface area contributed by atoms with E-state index in [9.17, 15) is 14.8 Å². The number of aromatic nitrogens is 2. The Morgan fingerprint density at radius 2 is 1.93 bits per heavy atom. The van der Waals surface area contributed by atoms with Gasteiger partial charge in [-0.3, -0.25) is 9.36 Å². The molecule has 0 aliphatic rings. The predicted octanol–water partition coefficient (Wildman–Crippen LogP) is -0.788. The summed E-state index contributed by atoms with van der Waals surface area (Å²) in [7, 11) is 0. The Morgan fingerprint density at radius 1 is 1.33 bits per heavy atom. The average Bonchev–Trinajstić information content (AvgIpc) is 2.24. The molecular formula is C8H14N4O3. The van der Waals surface area contributed by atoms with E-state index in [0.29, 0.717) is 6.42 Å². The fourth-order valence-corrected chi connectivity index (χ4v) is 1.19. The highest BCUT2D eigenvalue weighted by Gasteiger charge is 2.13. The van der Waals surface area contributed by atoms with E-state index < -0.39 is 17.1 Å². The zero-order valence-electron chi connectivity index (χ0n) is 8.43. The molecule has 0 aromatic carbocycles. The van der Waals surface area contributed by atoms with Crippen molar-refractivity contribution in [1.82, 2.24) is 9.30 Å². The average molecular weight is 214 g/mol. The van der Waals surface area contributed by atoms with Crippen molar-refractivity contribution in [3.63, 3.8) is 0 Å². The Kier molecular flexibility index (Phi) is 3.03. The van der Waals surface area contributed by atoms with Gasteiger partial charge in [-0.15, -0.1) is 4.73 Å². The lowest BCUT2D eigenvalue weighted by atomic mass is 10.3. The van der Waals surface area contributed by atoms with Crippen molar-refractivity contribution in [3.05, 3.63) is 20.8 Å². The van der Waals surface area contributed by atoms with Crippen molar-refractivity contribution >= 4 is 11.5 Å². The second kappa shape index (κ2) is 4.07. The van der Waals surface area contributed by atoms with Crippen molar-refractivity contribution < 1.29 is 5.21 Å². The van der Waals surface area contributed by atoms with Gasteiger partial charge in [0.1, 0.15) is 5.69 Å². The molecule has 84 valence electrons. The first-order valence-electron chi connectivity index (χ1n) is 4.60. The standard InChI is InChI=1S/C8H14N4O3/c1-2-3-4-11-7(13)5(9)6(10)12(15)8(11)14/h15H,2-4,9-10H2,1H3. The van der Waals surface area contributed by atoms with Crippen LogP contribution in [0.3, 0.4) is 0 Å². The molecule has 1 heterocycles. The van der Waals surface area contributed by atoms with Crippen LogP contribution in [0.25, 0.3) is 0 Å². The largest absolute Gasteiger partial charge is 0.422 e. The third kappa shape index (κ3) is 1.80. The highest BCUT2D eigenvalue weighted by Crippen LogP contribution is 2.03. The number of nitrogens with two attached hydrogens (primary N) is 2. The van der Waals surface area contributed by atoms with Crippen LogP contribution in [-0.2, 0) is 6.54 Å². The first kappa shape index (κ1) is 11.2. The maximum Gasteiger partial charge on any atom is 0.365 e. The second-order valence-electron chi connectivity index (χ2n) is 3.20. The van der Waals surface area contributed by atoms with Gasteiger partial charge in [-0.25, -0.2) is 4.79 Å². The molecule has 0 atom stereocenters. The molecule has 0 saturated heterocycles. The molecule has 1 aromatic rings. The fourth-order valence-electron chi connectivity index (χ4n) is 1.19. The molecule has 0 radical (unpaired) electrons. The first-order chi connectivity index (χ1) is 7.00. The van der Waals surface area contributed by atoms with Gasteiger partial charge in [0.05, 0.1) is 0 Å². The topological polar surface area (TPSA) is 116 Å². The smallest absolute Gasteiger partial charge is 0.365 e. The van der Waals surface area contributed by atoms with E-state index >= 15 is 0 Å². The Morgan fingerprint density at radius 3 is 2.47 bits per heavy atom. The highest BCUT2D eigenvalue weighted by atomic mass is 16.5. The number of hydrogen-bond acceptors (Lipinski definition) is 5. The van der Waals surface area contributed by atoms with E-state index in [1.54, 1.807) is 0 Å². The van der Waals surface area contributed by atoms with Crippen molar-refractivity contribution in [1.29, 1.82) is 0 Å². The highest BCUT2D eigenvalue weighted by molar-refractivity contribution is 5.56. The molecule has 0 bridgehead atoms. The Bertz CT molecular complexity index is 437. The molecule has 7 heteroatoms. The molecule has 0 spiro atoms. The van der Waals surface area contributed by atoms with E-state index in [2.05, 4.69) is 0 Å². The molecule has 0 aliphatic heterocycles. The summed E-state index contributed by atoms with van der Waals surface area (Å²) in [5, 5.41) is 9.23. The molecule has 1 rings (SSSR count). The number of nitrogens with zero attached hydrogens (tertiary/aromatic N) is 2. The van der Waals surface area contributed by atoms with Crippen LogP contribution in [0.4, 0.5) is 11.5 Å². The zero-order valence-corrected chi connectivity index (χ0v) is 8.43. The Balaban J connectivity index is 3.40. The summed E-state index contributed by atoms with van der Waals surface area (Å²) in [6.45, 7) is 2.14. The van der Waals surface area contributed by atoms with Crippen LogP contribution in [0.5, 0.6) is 0 Å². The normalized spacial score (nSPS) is 10.5. The molecule has 0 amide bonds. The first-order valence-corrected chi connectivity index (χ1v) is 4.60. The van der Waals surface area contributed by atoms with E-state index in [-0.39, 0.29) is 17.0 Å². The van der Waals surface area contributed by atoms with Crippen LogP contribution in [0.15, 0.2) is 9.59 Å². The van der Waals surface area contributed by atoms with Crippen LogP contribution >= 0.6 is 0 Å². The summed E-state index contributed by atoms with van der Waals surface area (Å²) < 4.78 is 1.06. The molecular weight excluding hydrogens is 200 g/mol. The minimum absolute atomic E-state index is 0.187. The van der Waals surface area contributed by atoms with Crippen LogP contribution < -0.4 is 22.7 Å². The van der Waals surface area contributed by atoms with Gasteiger partial charge in [0, 0.05) is 6.54 Å².